The Bertz CT molecular complexity index is 1590. The van der Waals surface area contributed by atoms with Crippen LogP contribution >= 0.6 is 0 Å². The van der Waals surface area contributed by atoms with Crippen LogP contribution in [0.2, 0.25) is 0 Å². The van der Waals surface area contributed by atoms with Crippen LogP contribution in [-0.2, 0) is 17.9 Å². The topological polar surface area (TPSA) is 144 Å². The summed E-state index contributed by atoms with van der Waals surface area (Å²) in [6.07, 6.45) is 0. The minimum Gasteiger partial charge on any atom is -0.506 e. The molecule has 2 heterocycles. The van der Waals surface area contributed by atoms with Crippen molar-refractivity contribution in [2.45, 2.75) is 39.5 Å². The van der Waals surface area contributed by atoms with Crippen LogP contribution < -0.4 is 5.73 Å². The highest BCUT2D eigenvalue weighted by atomic mass is 16.5. The van der Waals surface area contributed by atoms with E-state index in [0.717, 1.165) is 27.6 Å². The molecule has 0 aliphatic rings. The Kier molecular flexibility index (Phi) is 7.28. The minimum atomic E-state index is -1.12. The second-order valence-electron chi connectivity index (χ2n) is 9.26. The summed E-state index contributed by atoms with van der Waals surface area (Å²) in [7, 11) is 0. The van der Waals surface area contributed by atoms with E-state index in [-0.39, 0.29) is 11.3 Å². The monoisotopic (exact) mass is 502 g/mol. The molecule has 0 aliphatic heterocycles. The number of carboxylic acid groups (broad SMARTS) is 1. The summed E-state index contributed by atoms with van der Waals surface area (Å²) in [6.45, 7) is 6.86. The van der Waals surface area contributed by atoms with Crippen molar-refractivity contribution < 1.29 is 24.9 Å². The summed E-state index contributed by atoms with van der Waals surface area (Å²) in [5, 5.41) is 31.1. The van der Waals surface area contributed by atoms with E-state index < -0.39 is 11.6 Å². The van der Waals surface area contributed by atoms with Gasteiger partial charge in [-0.3, -0.25) is 0 Å². The normalized spacial score (nSPS) is 11.6. The molecule has 0 radical (unpaired) electrons. The quantitative estimate of drug-likeness (QED) is 0.261. The molecule has 0 unspecified atom stereocenters. The van der Waals surface area contributed by atoms with Crippen LogP contribution in [0.3, 0.4) is 0 Å². The predicted molar refractivity (Wildman–Crippen MR) is 144 cm³/mol. The van der Waals surface area contributed by atoms with Crippen molar-refractivity contribution in [2.24, 2.45) is 0 Å². The van der Waals surface area contributed by atoms with Crippen molar-refractivity contribution >= 4 is 44.5 Å². The SMILES string of the molecule is CCOCc1nc2c(N)nc3ccccc3c2n1CC(C)(C)O.O=C(O)c1ccc2ccccc2c1O. The zero-order valence-corrected chi connectivity index (χ0v) is 21.0. The van der Waals surface area contributed by atoms with Crippen molar-refractivity contribution in [1.29, 1.82) is 0 Å². The summed E-state index contributed by atoms with van der Waals surface area (Å²) in [5.41, 5.74) is 7.53. The van der Waals surface area contributed by atoms with Gasteiger partial charge in [0, 0.05) is 17.4 Å². The van der Waals surface area contributed by atoms with Crippen LogP contribution in [0.4, 0.5) is 5.82 Å². The zero-order chi connectivity index (χ0) is 26.7. The van der Waals surface area contributed by atoms with Gasteiger partial charge in [-0.25, -0.2) is 14.8 Å². The molecule has 0 saturated heterocycles. The van der Waals surface area contributed by atoms with Crippen molar-refractivity contribution in [3.8, 4) is 5.75 Å². The number of fused-ring (bicyclic) bond motifs is 4. The van der Waals surface area contributed by atoms with Crippen LogP contribution in [0.1, 0.15) is 37.0 Å². The molecule has 0 amide bonds. The Hall–Kier alpha value is -4.21. The molecule has 3 aromatic carbocycles. The van der Waals surface area contributed by atoms with Gasteiger partial charge in [0.25, 0.3) is 0 Å². The van der Waals surface area contributed by atoms with Crippen LogP contribution in [0.15, 0.2) is 60.7 Å². The molecule has 2 aromatic heterocycles. The number of hydrogen-bond donors (Lipinski definition) is 4. The van der Waals surface area contributed by atoms with Crippen molar-refractivity contribution in [2.75, 3.05) is 12.3 Å². The summed E-state index contributed by atoms with van der Waals surface area (Å²) < 4.78 is 7.52. The minimum absolute atomic E-state index is 0.0660. The lowest BCUT2D eigenvalue weighted by Gasteiger charge is -2.20. The summed E-state index contributed by atoms with van der Waals surface area (Å²) in [6, 6.07) is 18.0. The number of aromatic carboxylic acids is 1. The molecular formula is C28H30N4O5. The first kappa shape index (κ1) is 25.9. The van der Waals surface area contributed by atoms with Gasteiger partial charge in [0.15, 0.2) is 5.82 Å². The molecule has 0 fully saturated rings. The van der Waals surface area contributed by atoms with E-state index in [2.05, 4.69) is 9.97 Å². The van der Waals surface area contributed by atoms with E-state index in [1.54, 1.807) is 32.0 Å². The number of carboxylic acids is 1. The largest absolute Gasteiger partial charge is 0.506 e. The first-order valence-corrected chi connectivity index (χ1v) is 11.9. The van der Waals surface area contributed by atoms with E-state index in [1.165, 1.54) is 6.07 Å². The highest BCUT2D eigenvalue weighted by molar-refractivity contribution is 6.06. The Morgan fingerprint density at radius 1 is 1.03 bits per heavy atom. The number of anilines is 1. The van der Waals surface area contributed by atoms with Gasteiger partial charge < -0.3 is 30.4 Å². The molecule has 9 nitrogen and oxygen atoms in total. The van der Waals surface area contributed by atoms with Gasteiger partial charge in [-0.1, -0.05) is 48.5 Å². The lowest BCUT2D eigenvalue weighted by Crippen LogP contribution is -2.27. The fraction of sp³-hybridized carbons (Fsp3) is 0.250. The number of imidazole rings is 1. The van der Waals surface area contributed by atoms with Crippen molar-refractivity contribution in [3.05, 3.63) is 72.1 Å². The highest BCUT2D eigenvalue weighted by Crippen LogP contribution is 2.30. The maximum absolute atomic E-state index is 10.7. The molecule has 5 N–H and O–H groups in total. The number of carbonyl (C=O) groups is 1. The van der Waals surface area contributed by atoms with Gasteiger partial charge in [-0.15, -0.1) is 0 Å². The van der Waals surface area contributed by atoms with E-state index in [0.29, 0.717) is 36.5 Å². The number of nitrogens with zero attached hydrogens (tertiary/aromatic N) is 3. The Morgan fingerprint density at radius 3 is 2.38 bits per heavy atom. The average Bonchev–Trinajstić information content (AvgIpc) is 3.21. The smallest absolute Gasteiger partial charge is 0.339 e. The second kappa shape index (κ2) is 10.4. The molecule has 0 spiro atoms. The first-order valence-electron chi connectivity index (χ1n) is 11.9. The Morgan fingerprint density at radius 2 is 1.70 bits per heavy atom. The number of aliphatic hydroxyl groups is 1. The number of para-hydroxylation sites is 1. The lowest BCUT2D eigenvalue weighted by atomic mass is 10.1. The third-order valence-corrected chi connectivity index (χ3v) is 5.80. The number of nitrogens with two attached hydrogens (primary N) is 1. The number of aromatic hydroxyl groups is 1. The van der Waals surface area contributed by atoms with Gasteiger partial charge >= 0.3 is 5.97 Å². The number of nitrogen functional groups attached to an aromatic ring is 1. The molecule has 192 valence electrons. The number of rotatable bonds is 6. The standard InChI is InChI=1S/C17H22N4O2.C11H8O3/c1-4-23-9-13-20-14-15(21(13)10-17(2,3)22)11-7-5-6-8-12(11)19-16(14)18;12-10-8-4-2-1-3-7(8)5-6-9(10)11(13)14/h5-8,22H,4,9-10H2,1-3H3,(H2,18,19);1-6,12H,(H,13,14). The number of pyridine rings is 1. The first-order chi connectivity index (χ1) is 17.6. The number of phenols is 1. The van der Waals surface area contributed by atoms with E-state index >= 15 is 0 Å². The summed E-state index contributed by atoms with van der Waals surface area (Å²) in [5.74, 6) is -0.149. The van der Waals surface area contributed by atoms with Gasteiger partial charge in [-0.2, -0.15) is 0 Å². The summed E-state index contributed by atoms with van der Waals surface area (Å²) >= 11 is 0. The molecule has 0 aliphatic carbocycles. The Balaban J connectivity index is 0.000000195. The fourth-order valence-corrected chi connectivity index (χ4v) is 4.19. The number of benzene rings is 3. The van der Waals surface area contributed by atoms with E-state index in [9.17, 15) is 15.0 Å². The second-order valence-corrected chi connectivity index (χ2v) is 9.26. The predicted octanol–water partition coefficient (Wildman–Crippen LogP) is 4.72. The molecule has 9 heteroatoms. The van der Waals surface area contributed by atoms with Gasteiger partial charge in [-0.05, 0) is 38.3 Å². The third kappa shape index (κ3) is 5.47. The Labute approximate surface area is 213 Å². The number of aromatic nitrogens is 3. The van der Waals surface area contributed by atoms with Crippen molar-refractivity contribution in [3.63, 3.8) is 0 Å². The highest BCUT2D eigenvalue weighted by Gasteiger charge is 2.22. The molecule has 37 heavy (non-hydrogen) atoms. The zero-order valence-electron chi connectivity index (χ0n) is 21.0. The van der Waals surface area contributed by atoms with Gasteiger partial charge in [0.2, 0.25) is 0 Å². The van der Waals surface area contributed by atoms with Crippen LogP contribution in [0.5, 0.6) is 5.75 Å². The average molecular weight is 503 g/mol. The number of hydrogen-bond acceptors (Lipinski definition) is 7. The number of ether oxygens (including phenoxy) is 1. The molecule has 0 atom stereocenters. The van der Waals surface area contributed by atoms with Gasteiger partial charge in [0.05, 0.1) is 23.2 Å². The lowest BCUT2D eigenvalue weighted by molar-refractivity contribution is 0.0582. The maximum Gasteiger partial charge on any atom is 0.339 e. The fourth-order valence-electron chi connectivity index (χ4n) is 4.19. The molecule has 0 bridgehead atoms. The molecule has 5 rings (SSSR count). The molecule has 5 aromatic rings. The van der Waals surface area contributed by atoms with E-state index in [4.69, 9.17) is 15.6 Å². The summed E-state index contributed by atoms with van der Waals surface area (Å²) in [4.78, 5) is 19.8. The van der Waals surface area contributed by atoms with Crippen LogP contribution in [-0.4, -0.2) is 48.0 Å². The maximum atomic E-state index is 10.7. The van der Waals surface area contributed by atoms with Crippen LogP contribution in [0, 0.1) is 0 Å². The molecular weight excluding hydrogens is 472 g/mol. The molecule has 0 saturated carbocycles. The third-order valence-electron chi connectivity index (χ3n) is 5.80. The van der Waals surface area contributed by atoms with Crippen LogP contribution in [0.25, 0.3) is 32.7 Å². The van der Waals surface area contributed by atoms with E-state index in [1.807, 2.05) is 47.9 Å². The van der Waals surface area contributed by atoms with Gasteiger partial charge in [0.1, 0.15) is 29.3 Å². The van der Waals surface area contributed by atoms with Crippen molar-refractivity contribution in [1.82, 2.24) is 14.5 Å².